The predicted molar refractivity (Wildman–Crippen MR) is 90.0 cm³/mol. The largest absolute Gasteiger partial charge is 0.347 e. The average Bonchev–Trinajstić information content (AvgIpc) is 2.45. The minimum Gasteiger partial charge on any atom is -0.347 e. The van der Waals surface area contributed by atoms with Crippen LogP contribution in [-0.2, 0) is 6.54 Å². The Bertz CT molecular complexity index is 519. The van der Waals surface area contributed by atoms with Crippen molar-refractivity contribution in [3.8, 4) is 0 Å². The van der Waals surface area contributed by atoms with Crippen LogP contribution in [0, 0.1) is 17.8 Å². The Balaban J connectivity index is 0.00000144. The summed E-state index contributed by atoms with van der Waals surface area (Å²) >= 11 is 0. The lowest BCUT2D eigenvalue weighted by atomic mass is 9.53. The third-order valence-electron chi connectivity index (χ3n) is 5.87. The van der Waals surface area contributed by atoms with Gasteiger partial charge in [-0.15, -0.1) is 12.4 Å². The van der Waals surface area contributed by atoms with Crippen molar-refractivity contribution >= 4 is 18.3 Å². The molecule has 5 rings (SSSR count). The molecule has 0 heterocycles. The van der Waals surface area contributed by atoms with Crippen LogP contribution in [0.25, 0.3) is 0 Å². The van der Waals surface area contributed by atoms with E-state index in [0.29, 0.717) is 6.54 Å². The highest BCUT2D eigenvalue weighted by atomic mass is 35.5. The van der Waals surface area contributed by atoms with E-state index >= 15 is 0 Å². The van der Waals surface area contributed by atoms with Gasteiger partial charge in [-0.3, -0.25) is 4.79 Å². The summed E-state index contributed by atoms with van der Waals surface area (Å²) in [5.41, 5.74) is 7.54. The molecule has 4 heteroatoms. The highest BCUT2D eigenvalue weighted by Crippen LogP contribution is 2.55. The van der Waals surface area contributed by atoms with Gasteiger partial charge in [0.05, 0.1) is 0 Å². The van der Waals surface area contributed by atoms with Gasteiger partial charge in [0, 0.05) is 17.6 Å². The van der Waals surface area contributed by atoms with E-state index in [1.165, 1.54) is 38.5 Å². The van der Waals surface area contributed by atoms with E-state index in [2.05, 4.69) is 5.32 Å². The maximum absolute atomic E-state index is 12.6. The lowest BCUT2D eigenvalue weighted by Crippen LogP contribution is -2.59. The van der Waals surface area contributed by atoms with Crippen molar-refractivity contribution in [2.45, 2.75) is 50.6 Å². The Morgan fingerprint density at radius 3 is 2.00 bits per heavy atom. The zero-order valence-electron chi connectivity index (χ0n) is 12.9. The number of benzene rings is 1. The topological polar surface area (TPSA) is 55.1 Å². The van der Waals surface area contributed by atoms with Crippen molar-refractivity contribution in [2.24, 2.45) is 23.5 Å². The molecule has 1 aromatic carbocycles. The Morgan fingerprint density at radius 2 is 1.55 bits per heavy atom. The monoisotopic (exact) mass is 320 g/mol. The summed E-state index contributed by atoms with van der Waals surface area (Å²) in [4.78, 5) is 12.6. The summed E-state index contributed by atoms with van der Waals surface area (Å²) < 4.78 is 0. The number of nitrogens with one attached hydrogen (secondary N) is 1. The fraction of sp³-hybridized carbons (Fsp3) is 0.611. The number of hydrogen-bond donors (Lipinski definition) is 2. The van der Waals surface area contributed by atoms with Crippen molar-refractivity contribution in [1.82, 2.24) is 5.32 Å². The minimum atomic E-state index is 0. The van der Waals surface area contributed by atoms with E-state index in [0.717, 1.165) is 28.9 Å². The van der Waals surface area contributed by atoms with Gasteiger partial charge in [-0.05, 0) is 74.0 Å². The predicted octanol–water partition coefficient (Wildman–Crippen LogP) is 3.27. The van der Waals surface area contributed by atoms with Gasteiger partial charge >= 0.3 is 0 Å². The Labute approximate surface area is 138 Å². The number of halogens is 1. The first kappa shape index (κ1) is 15.8. The van der Waals surface area contributed by atoms with Gasteiger partial charge in [0.1, 0.15) is 0 Å². The summed E-state index contributed by atoms with van der Waals surface area (Å²) in [5.74, 6) is 2.67. The third kappa shape index (κ3) is 2.77. The number of carbonyl (C=O) groups is 1. The molecule has 0 radical (unpaired) electrons. The minimum absolute atomic E-state index is 0. The van der Waals surface area contributed by atoms with Crippen molar-refractivity contribution in [1.29, 1.82) is 0 Å². The molecule has 4 aliphatic carbocycles. The molecule has 0 saturated heterocycles. The molecular weight excluding hydrogens is 296 g/mol. The second-order valence-corrected chi connectivity index (χ2v) is 7.55. The number of amides is 1. The molecule has 3 N–H and O–H groups in total. The van der Waals surface area contributed by atoms with Crippen LogP contribution in [0.15, 0.2) is 24.3 Å². The summed E-state index contributed by atoms with van der Waals surface area (Å²) in [6, 6.07) is 7.71. The molecule has 4 bridgehead atoms. The normalized spacial score (nSPS) is 35.0. The van der Waals surface area contributed by atoms with Gasteiger partial charge < -0.3 is 11.1 Å². The van der Waals surface area contributed by atoms with E-state index in [1.54, 1.807) is 0 Å². The van der Waals surface area contributed by atoms with E-state index in [1.807, 2.05) is 24.3 Å². The fourth-order valence-electron chi connectivity index (χ4n) is 5.37. The molecule has 22 heavy (non-hydrogen) atoms. The first-order chi connectivity index (χ1) is 10.2. The first-order valence-corrected chi connectivity index (χ1v) is 8.27. The molecular formula is C18H25ClN2O. The van der Waals surface area contributed by atoms with Gasteiger partial charge in [-0.1, -0.05) is 12.1 Å². The second kappa shape index (κ2) is 5.86. The molecule has 0 aromatic heterocycles. The molecule has 4 saturated carbocycles. The van der Waals surface area contributed by atoms with Crippen molar-refractivity contribution in [3.05, 3.63) is 35.4 Å². The van der Waals surface area contributed by atoms with Crippen LogP contribution in [0.4, 0.5) is 0 Å². The standard InChI is InChI=1S/C18H24N2O.ClH/c19-11-12-1-3-16(4-2-12)17(21)20-18-8-13-5-14(9-18)7-15(6-13)10-18;/h1-4,13-15H,5-11,19H2,(H,20,21);1H. The van der Waals surface area contributed by atoms with Gasteiger partial charge in [0.15, 0.2) is 0 Å². The van der Waals surface area contributed by atoms with Crippen molar-refractivity contribution in [2.75, 3.05) is 0 Å². The van der Waals surface area contributed by atoms with Crippen LogP contribution < -0.4 is 11.1 Å². The zero-order chi connectivity index (χ0) is 14.4. The number of nitrogens with two attached hydrogens (primary N) is 1. The summed E-state index contributed by atoms with van der Waals surface area (Å²) in [6.45, 7) is 0.525. The van der Waals surface area contributed by atoms with E-state index in [-0.39, 0.29) is 23.9 Å². The van der Waals surface area contributed by atoms with E-state index in [9.17, 15) is 4.79 Å². The van der Waals surface area contributed by atoms with Crippen LogP contribution in [0.1, 0.15) is 54.4 Å². The van der Waals surface area contributed by atoms with Gasteiger partial charge in [-0.2, -0.15) is 0 Å². The molecule has 4 aliphatic rings. The lowest BCUT2D eigenvalue weighted by molar-refractivity contribution is -0.0167. The maximum atomic E-state index is 12.6. The van der Waals surface area contributed by atoms with Crippen LogP contribution in [-0.4, -0.2) is 11.4 Å². The van der Waals surface area contributed by atoms with Crippen molar-refractivity contribution < 1.29 is 4.79 Å². The summed E-state index contributed by atoms with van der Waals surface area (Å²) in [7, 11) is 0. The molecule has 0 spiro atoms. The Kier molecular flexibility index (Phi) is 4.21. The molecule has 3 nitrogen and oxygen atoms in total. The highest BCUT2D eigenvalue weighted by molar-refractivity contribution is 5.94. The van der Waals surface area contributed by atoms with Gasteiger partial charge in [0.25, 0.3) is 5.91 Å². The van der Waals surface area contributed by atoms with Crippen LogP contribution in [0.2, 0.25) is 0 Å². The average molecular weight is 321 g/mol. The van der Waals surface area contributed by atoms with Crippen LogP contribution in [0.3, 0.4) is 0 Å². The van der Waals surface area contributed by atoms with Crippen LogP contribution in [0.5, 0.6) is 0 Å². The zero-order valence-corrected chi connectivity index (χ0v) is 13.7. The van der Waals surface area contributed by atoms with Crippen molar-refractivity contribution in [3.63, 3.8) is 0 Å². The number of carbonyl (C=O) groups excluding carboxylic acids is 1. The fourth-order valence-corrected chi connectivity index (χ4v) is 5.37. The molecule has 4 fully saturated rings. The lowest BCUT2D eigenvalue weighted by Gasteiger charge is -2.56. The molecule has 1 aromatic rings. The highest BCUT2D eigenvalue weighted by Gasteiger charge is 2.51. The molecule has 0 aliphatic heterocycles. The molecule has 0 atom stereocenters. The van der Waals surface area contributed by atoms with E-state index in [4.69, 9.17) is 5.73 Å². The summed E-state index contributed by atoms with van der Waals surface area (Å²) in [6.07, 6.45) is 7.81. The maximum Gasteiger partial charge on any atom is 0.251 e. The van der Waals surface area contributed by atoms with Gasteiger partial charge in [0.2, 0.25) is 0 Å². The quantitative estimate of drug-likeness (QED) is 0.898. The first-order valence-electron chi connectivity index (χ1n) is 8.27. The summed E-state index contributed by atoms with van der Waals surface area (Å²) in [5, 5.41) is 3.41. The Morgan fingerprint density at radius 1 is 1.05 bits per heavy atom. The number of hydrogen-bond acceptors (Lipinski definition) is 2. The molecule has 0 unspecified atom stereocenters. The molecule has 1 amide bonds. The van der Waals surface area contributed by atoms with Crippen LogP contribution >= 0.6 is 12.4 Å². The smallest absolute Gasteiger partial charge is 0.251 e. The molecule has 120 valence electrons. The van der Waals surface area contributed by atoms with Gasteiger partial charge in [-0.25, -0.2) is 0 Å². The number of rotatable bonds is 3. The SMILES string of the molecule is Cl.NCc1ccc(C(=O)NC23CC4CC(CC(C4)C2)C3)cc1. The Hall–Kier alpha value is -1.06. The third-order valence-corrected chi connectivity index (χ3v) is 5.87. The second-order valence-electron chi connectivity index (χ2n) is 7.55. The van der Waals surface area contributed by atoms with E-state index < -0.39 is 0 Å².